The number of rotatable bonds is 5. The van der Waals surface area contributed by atoms with Gasteiger partial charge >= 0.3 is 12.1 Å². The van der Waals surface area contributed by atoms with Crippen molar-refractivity contribution in [2.75, 3.05) is 5.32 Å². The van der Waals surface area contributed by atoms with Gasteiger partial charge in [0.15, 0.2) is 0 Å². The molecular formula is C23H29N3O4. The average Bonchev–Trinajstić information content (AvgIpc) is 2.67. The third-order valence-electron chi connectivity index (χ3n) is 5.05. The van der Waals surface area contributed by atoms with Crippen LogP contribution in [0, 0.1) is 0 Å². The number of para-hydroxylation sites is 1. The van der Waals surface area contributed by atoms with Crippen molar-refractivity contribution in [2.45, 2.75) is 64.0 Å². The second-order valence-electron chi connectivity index (χ2n) is 8.62. The number of alkyl carbamates (subject to hydrolysis) is 1. The number of aromatic nitrogens is 1. The molecule has 0 radical (unpaired) electrons. The van der Waals surface area contributed by atoms with Gasteiger partial charge in [0.05, 0.1) is 0 Å². The predicted octanol–water partition coefficient (Wildman–Crippen LogP) is 5.07. The van der Waals surface area contributed by atoms with Crippen LogP contribution in [0.1, 0.15) is 68.4 Å². The fourth-order valence-corrected chi connectivity index (χ4v) is 3.64. The van der Waals surface area contributed by atoms with Gasteiger partial charge in [0.2, 0.25) is 0 Å². The van der Waals surface area contributed by atoms with Crippen LogP contribution in [0.2, 0.25) is 0 Å². The van der Waals surface area contributed by atoms with Gasteiger partial charge in [0.1, 0.15) is 17.0 Å². The van der Waals surface area contributed by atoms with E-state index in [2.05, 4.69) is 15.6 Å². The van der Waals surface area contributed by atoms with Gasteiger partial charge in [-0.15, -0.1) is 0 Å². The Morgan fingerprint density at radius 1 is 1.03 bits per heavy atom. The van der Waals surface area contributed by atoms with Crippen LogP contribution in [-0.2, 0) is 4.74 Å². The van der Waals surface area contributed by atoms with Gasteiger partial charge in [0.25, 0.3) is 0 Å². The summed E-state index contributed by atoms with van der Waals surface area (Å²) < 4.78 is 5.33. The molecule has 3 rings (SSSR count). The molecule has 1 amide bonds. The maximum Gasteiger partial charge on any atom is 0.407 e. The molecule has 1 fully saturated rings. The van der Waals surface area contributed by atoms with Gasteiger partial charge in [-0.05, 0) is 70.7 Å². The number of benzene rings is 1. The molecule has 7 nitrogen and oxygen atoms in total. The molecular weight excluding hydrogens is 382 g/mol. The third kappa shape index (κ3) is 5.95. The summed E-state index contributed by atoms with van der Waals surface area (Å²) in [4.78, 5) is 28.2. The van der Waals surface area contributed by atoms with Crippen molar-refractivity contribution in [3.63, 3.8) is 0 Å². The fraction of sp³-hybridized carbons (Fsp3) is 0.435. The van der Waals surface area contributed by atoms with Crippen molar-refractivity contribution in [1.82, 2.24) is 10.3 Å². The standard InChI is InChI=1S/C23H29N3O4/c1-23(2,3)30-22(29)25-17-11-9-15(10-12-17)19-14-13-18(21(27)28)20(26-19)24-16-7-5-4-6-8-16/h4-8,13-15,17H,9-12H2,1-3H3,(H,24,26)(H,25,29)(H,27,28). The third-order valence-corrected chi connectivity index (χ3v) is 5.05. The number of anilines is 2. The van der Waals surface area contributed by atoms with Gasteiger partial charge in [-0.25, -0.2) is 14.6 Å². The molecule has 1 aromatic heterocycles. The lowest BCUT2D eigenvalue weighted by Gasteiger charge is -2.30. The zero-order chi connectivity index (χ0) is 21.7. The molecule has 1 saturated carbocycles. The van der Waals surface area contributed by atoms with Crippen LogP contribution in [-0.4, -0.2) is 33.8 Å². The summed E-state index contributed by atoms with van der Waals surface area (Å²) in [5.74, 6) is -0.446. The molecule has 0 unspecified atom stereocenters. The minimum Gasteiger partial charge on any atom is -0.478 e. The van der Waals surface area contributed by atoms with Gasteiger partial charge in [-0.2, -0.15) is 0 Å². The number of carboxylic acid groups (broad SMARTS) is 1. The Hall–Kier alpha value is -3.09. The highest BCUT2D eigenvalue weighted by molar-refractivity contribution is 5.94. The summed E-state index contributed by atoms with van der Waals surface area (Å²) in [6.45, 7) is 5.53. The number of hydrogen-bond acceptors (Lipinski definition) is 5. The van der Waals surface area contributed by atoms with Crippen molar-refractivity contribution in [3.8, 4) is 0 Å². The maximum absolute atomic E-state index is 12.0. The van der Waals surface area contributed by atoms with E-state index in [-0.39, 0.29) is 23.6 Å². The molecule has 0 spiro atoms. The van der Waals surface area contributed by atoms with Crippen molar-refractivity contribution in [2.24, 2.45) is 0 Å². The van der Waals surface area contributed by atoms with Gasteiger partial charge in [-0.3, -0.25) is 0 Å². The number of hydrogen-bond donors (Lipinski definition) is 3. The van der Waals surface area contributed by atoms with Crippen molar-refractivity contribution in [1.29, 1.82) is 0 Å². The quantitative estimate of drug-likeness (QED) is 0.635. The number of nitrogens with zero attached hydrogens (tertiary/aromatic N) is 1. The highest BCUT2D eigenvalue weighted by Gasteiger charge is 2.27. The highest BCUT2D eigenvalue weighted by Crippen LogP contribution is 2.33. The molecule has 1 aliphatic rings. The van der Waals surface area contributed by atoms with E-state index in [1.807, 2.05) is 51.1 Å². The average molecular weight is 412 g/mol. The number of ether oxygens (including phenoxy) is 1. The first-order chi connectivity index (χ1) is 14.2. The molecule has 7 heteroatoms. The Labute approximate surface area is 176 Å². The topological polar surface area (TPSA) is 101 Å². The molecule has 30 heavy (non-hydrogen) atoms. The van der Waals surface area contributed by atoms with Gasteiger partial charge < -0.3 is 20.5 Å². The molecule has 0 saturated heterocycles. The van der Waals surface area contributed by atoms with Crippen LogP contribution in [0.25, 0.3) is 0 Å². The lowest BCUT2D eigenvalue weighted by atomic mass is 9.84. The zero-order valence-electron chi connectivity index (χ0n) is 17.6. The number of amides is 1. The SMILES string of the molecule is CC(C)(C)OC(=O)NC1CCC(c2ccc(C(=O)O)c(Nc3ccccc3)n2)CC1. The first-order valence-electron chi connectivity index (χ1n) is 10.3. The summed E-state index contributed by atoms with van der Waals surface area (Å²) in [6, 6.07) is 12.9. The molecule has 3 N–H and O–H groups in total. The summed E-state index contributed by atoms with van der Waals surface area (Å²) in [7, 11) is 0. The lowest BCUT2D eigenvalue weighted by Crippen LogP contribution is -2.40. The Morgan fingerprint density at radius 3 is 2.30 bits per heavy atom. The summed E-state index contributed by atoms with van der Waals surface area (Å²) >= 11 is 0. The van der Waals surface area contributed by atoms with Gasteiger partial charge in [-0.1, -0.05) is 18.2 Å². The van der Waals surface area contributed by atoms with Crippen molar-refractivity contribution in [3.05, 3.63) is 53.7 Å². The highest BCUT2D eigenvalue weighted by atomic mass is 16.6. The van der Waals surface area contributed by atoms with Crippen LogP contribution >= 0.6 is 0 Å². The first kappa shape index (κ1) is 21.6. The molecule has 0 atom stereocenters. The van der Waals surface area contributed by atoms with E-state index in [1.165, 1.54) is 0 Å². The second kappa shape index (κ2) is 9.15. The van der Waals surface area contributed by atoms with Crippen LogP contribution in [0.5, 0.6) is 0 Å². The normalized spacial score (nSPS) is 19.0. The predicted molar refractivity (Wildman–Crippen MR) is 115 cm³/mol. The zero-order valence-corrected chi connectivity index (χ0v) is 17.6. The van der Waals surface area contributed by atoms with Crippen molar-refractivity contribution < 1.29 is 19.4 Å². The van der Waals surface area contributed by atoms with E-state index in [0.717, 1.165) is 37.1 Å². The first-order valence-corrected chi connectivity index (χ1v) is 10.3. The summed E-state index contributed by atoms with van der Waals surface area (Å²) in [5.41, 5.74) is 1.28. The minimum absolute atomic E-state index is 0.0799. The number of nitrogens with one attached hydrogen (secondary N) is 2. The van der Waals surface area contributed by atoms with E-state index in [4.69, 9.17) is 4.74 Å². The molecule has 0 aliphatic heterocycles. The maximum atomic E-state index is 12.0. The van der Waals surface area contributed by atoms with E-state index in [9.17, 15) is 14.7 Å². The number of aromatic carboxylic acids is 1. The smallest absolute Gasteiger partial charge is 0.407 e. The minimum atomic E-state index is -1.02. The Balaban J connectivity index is 1.66. The fourth-order valence-electron chi connectivity index (χ4n) is 3.64. The van der Waals surface area contributed by atoms with Crippen LogP contribution in [0.3, 0.4) is 0 Å². The van der Waals surface area contributed by atoms with Gasteiger partial charge in [0, 0.05) is 23.3 Å². The summed E-state index contributed by atoms with van der Waals surface area (Å²) in [6.07, 6.45) is 3.00. The molecule has 1 aromatic carbocycles. The van der Waals surface area contributed by atoms with Crippen LogP contribution in [0.15, 0.2) is 42.5 Å². The molecule has 1 heterocycles. The van der Waals surface area contributed by atoms with Crippen LogP contribution < -0.4 is 10.6 Å². The molecule has 1 aliphatic carbocycles. The lowest BCUT2D eigenvalue weighted by molar-refractivity contribution is 0.0490. The number of pyridine rings is 1. The number of carboxylic acids is 1. The van der Waals surface area contributed by atoms with Crippen molar-refractivity contribution >= 4 is 23.6 Å². The van der Waals surface area contributed by atoms with E-state index in [1.54, 1.807) is 12.1 Å². The molecule has 160 valence electrons. The Bertz CT molecular complexity index is 885. The Morgan fingerprint density at radius 2 is 1.70 bits per heavy atom. The van der Waals surface area contributed by atoms with E-state index in [0.29, 0.717) is 5.82 Å². The largest absolute Gasteiger partial charge is 0.478 e. The van der Waals surface area contributed by atoms with Crippen LogP contribution in [0.4, 0.5) is 16.3 Å². The monoisotopic (exact) mass is 411 g/mol. The number of carbonyl (C=O) groups excluding carboxylic acids is 1. The number of carbonyl (C=O) groups is 2. The van der Waals surface area contributed by atoms with E-state index < -0.39 is 11.6 Å². The molecule has 2 aromatic rings. The Kier molecular flexibility index (Phi) is 6.59. The second-order valence-corrected chi connectivity index (χ2v) is 8.62. The summed E-state index contributed by atoms with van der Waals surface area (Å²) in [5, 5.41) is 15.6. The molecule has 0 bridgehead atoms. The van der Waals surface area contributed by atoms with E-state index >= 15 is 0 Å².